The van der Waals surface area contributed by atoms with Gasteiger partial charge in [0.15, 0.2) is 0 Å². The first-order valence-electron chi connectivity index (χ1n) is 11.4. The van der Waals surface area contributed by atoms with Crippen molar-refractivity contribution in [1.82, 2.24) is 14.7 Å². The van der Waals surface area contributed by atoms with Gasteiger partial charge in [0, 0.05) is 23.9 Å². The molecule has 0 bridgehead atoms. The summed E-state index contributed by atoms with van der Waals surface area (Å²) in [6.07, 6.45) is 4.89. The Bertz CT molecular complexity index is 922. The lowest BCUT2D eigenvalue weighted by atomic mass is 9.84. The minimum atomic E-state index is -0.182. The Balaban J connectivity index is 1.81. The van der Waals surface area contributed by atoms with Crippen molar-refractivity contribution in [2.75, 3.05) is 18.4 Å². The van der Waals surface area contributed by atoms with Gasteiger partial charge in [-0.3, -0.25) is 9.59 Å². The fourth-order valence-corrected chi connectivity index (χ4v) is 3.68. The van der Waals surface area contributed by atoms with Gasteiger partial charge >= 0.3 is 0 Å². The van der Waals surface area contributed by atoms with Crippen LogP contribution in [0.5, 0.6) is 0 Å². The third-order valence-electron chi connectivity index (χ3n) is 5.87. The average Bonchev–Trinajstić information content (AvgIpc) is 3.07. The molecular weight excluding hydrogens is 388 g/mol. The summed E-state index contributed by atoms with van der Waals surface area (Å²) < 4.78 is 1.79. The number of hydrogen-bond donors (Lipinski definition) is 1. The molecule has 2 amide bonds. The lowest BCUT2D eigenvalue weighted by molar-refractivity contribution is -0.140. The van der Waals surface area contributed by atoms with Crippen molar-refractivity contribution < 1.29 is 9.59 Å². The van der Waals surface area contributed by atoms with Crippen molar-refractivity contribution in [2.45, 2.75) is 72.1 Å². The molecule has 0 radical (unpaired) electrons. The van der Waals surface area contributed by atoms with E-state index >= 15 is 0 Å². The van der Waals surface area contributed by atoms with Crippen LogP contribution in [0.4, 0.5) is 5.82 Å². The third-order valence-corrected chi connectivity index (χ3v) is 5.87. The Morgan fingerprint density at radius 1 is 1.23 bits per heavy atom. The summed E-state index contributed by atoms with van der Waals surface area (Å²) in [6.45, 7) is 11.2. The maximum atomic E-state index is 13.0. The monoisotopic (exact) mass is 424 g/mol. The Morgan fingerprint density at radius 2 is 1.97 bits per heavy atom. The number of carbonyl (C=O) groups is 2. The zero-order valence-corrected chi connectivity index (χ0v) is 19.6. The fourth-order valence-electron chi connectivity index (χ4n) is 3.68. The molecule has 0 atom stereocenters. The van der Waals surface area contributed by atoms with Crippen molar-refractivity contribution in [3.8, 4) is 5.69 Å². The third kappa shape index (κ3) is 5.75. The molecule has 1 aromatic carbocycles. The second kappa shape index (κ2) is 9.67. The van der Waals surface area contributed by atoms with E-state index < -0.39 is 0 Å². The van der Waals surface area contributed by atoms with Crippen LogP contribution >= 0.6 is 0 Å². The minimum absolute atomic E-state index is 0.0825. The molecule has 1 aliphatic carbocycles. The van der Waals surface area contributed by atoms with Crippen molar-refractivity contribution in [3.05, 3.63) is 41.6 Å². The van der Waals surface area contributed by atoms with Crippen molar-refractivity contribution in [3.63, 3.8) is 0 Å². The van der Waals surface area contributed by atoms with Crippen LogP contribution in [0.15, 0.2) is 30.3 Å². The van der Waals surface area contributed by atoms with E-state index in [0.29, 0.717) is 12.4 Å². The Kier molecular flexibility index (Phi) is 7.19. The molecule has 1 heterocycles. The molecule has 0 spiro atoms. The van der Waals surface area contributed by atoms with E-state index in [1.165, 1.54) is 0 Å². The summed E-state index contributed by atoms with van der Waals surface area (Å²) in [7, 11) is 0. The number of aryl methyl sites for hydroxylation is 1. The van der Waals surface area contributed by atoms with E-state index in [1.54, 1.807) is 9.58 Å². The summed E-state index contributed by atoms with van der Waals surface area (Å²) in [5, 5.41) is 7.81. The van der Waals surface area contributed by atoms with Gasteiger partial charge in [-0.25, -0.2) is 4.68 Å². The normalized spacial score (nSPS) is 14.2. The number of carbonyl (C=O) groups excluding carboxylic acids is 2. The van der Waals surface area contributed by atoms with Gasteiger partial charge in [-0.1, -0.05) is 52.7 Å². The number of rotatable bonds is 8. The Labute approximate surface area is 186 Å². The van der Waals surface area contributed by atoms with Crippen LogP contribution in [0, 0.1) is 12.8 Å². The molecule has 1 aliphatic rings. The number of hydrogen-bond acceptors (Lipinski definition) is 3. The van der Waals surface area contributed by atoms with Gasteiger partial charge in [0.25, 0.3) is 0 Å². The standard InChI is InChI=1S/C25H36N4O2/c1-6-7-14-28(24(31)19-11-9-12-19)17-23(30)26-22-16-21(25(3,4)5)27-29(22)20-13-8-10-18(2)15-20/h8,10,13,15-16,19H,6-7,9,11-12,14,17H2,1-5H3,(H,26,30). The van der Waals surface area contributed by atoms with Gasteiger partial charge in [0.2, 0.25) is 11.8 Å². The van der Waals surface area contributed by atoms with Crippen molar-refractivity contribution in [2.24, 2.45) is 5.92 Å². The fraction of sp³-hybridized carbons (Fsp3) is 0.560. The van der Waals surface area contributed by atoms with E-state index in [4.69, 9.17) is 5.10 Å². The minimum Gasteiger partial charge on any atom is -0.333 e. The van der Waals surface area contributed by atoms with Crippen molar-refractivity contribution in [1.29, 1.82) is 0 Å². The molecule has 31 heavy (non-hydrogen) atoms. The molecule has 2 aromatic rings. The summed E-state index contributed by atoms with van der Waals surface area (Å²) in [4.78, 5) is 27.5. The van der Waals surface area contributed by atoms with E-state index in [0.717, 1.165) is 49.0 Å². The first kappa shape index (κ1) is 23.0. The van der Waals surface area contributed by atoms with E-state index in [1.807, 2.05) is 37.3 Å². The number of anilines is 1. The van der Waals surface area contributed by atoms with Crippen LogP contribution in [0.3, 0.4) is 0 Å². The zero-order valence-electron chi connectivity index (χ0n) is 19.6. The van der Waals surface area contributed by atoms with Crippen LogP contribution in [0.1, 0.15) is 71.1 Å². The van der Waals surface area contributed by atoms with Crippen LogP contribution in [0.2, 0.25) is 0 Å². The highest BCUT2D eigenvalue weighted by Crippen LogP contribution is 2.29. The number of nitrogens with one attached hydrogen (secondary N) is 1. The highest BCUT2D eigenvalue weighted by molar-refractivity contribution is 5.94. The molecule has 1 fully saturated rings. The first-order chi connectivity index (χ1) is 14.7. The number of benzene rings is 1. The largest absolute Gasteiger partial charge is 0.333 e. The number of nitrogens with zero attached hydrogens (tertiary/aromatic N) is 3. The van der Waals surface area contributed by atoms with Gasteiger partial charge in [0.1, 0.15) is 5.82 Å². The second-order valence-electron chi connectivity index (χ2n) is 9.70. The Hall–Kier alpha value is -2.63. The molecular formula is C25H36N4O2. The van der Waals surface area contributed by atoms with Crippen LogP contribution < -0.4 is 5.32 Å². The molecule has 0 saturated heterocycles. The summed E-state index contributed by atoms with van der Waals surface area (Å²) in [5.74, 6) is 0.664. The van der Waals surface area contributed by atoms with Crippen LogP contribution in [-0.4, -0.2) is 39.6 Å². The lowest BCUT2D eigenvalue weighted by Gasteiger charge is -2.31. The molecule has 6 heteroatoms. The maximum absolute atomic E-state index is 13.0. The maximum Gasteiger partial charge on any atom is 0.245 e. The lowest BCUT2D eigenvalue weighted by Crippen LogP contribution is -2.43. The van der Waals surface area contributed by atoms with Gasteiger partial charge in [-0.05, 0) is 43.9 Å². The van der Waals surface area contributed by atoms with Gasteiger partial charge in [-0.15, -0.1) is 0 Å². The molecule has 1 aromatic heterocycles. The predicted molar refractivity (Wildman–Crippen MR) is 124 cm³/mol. The summed E-state index contributed by atoms with van der Waals surface area (Å²) in [6, 6.07) is 9.98. The van der Waals surface area contributed by atoms with Gasteiger partial charge in [-0.2, -0.15) is 5.10 Å². The zero-order chi connectivity index (χ0) is 22.6. The quantitative estimate of drug-likeness (QED) is 0.659. The molecule has 0 aliphatic heterocycles. The summed E-state index contributed by atoms with van der Waals surface area (Å²) >= 11 is 0. The first-order valence-corrected chi connectivity index (χ1v) is 11.4. The number of amides is 2. The van der Waals surface area contributed by atoms with Gasteiger partial charge < -0.3 is 10.2 Å². The molecule has 6 nitrogen and oxygen atoms in total. The van der Waals surface area contributed by atoms with Crippen molar-refractivity contribution >= 4 is 17.6 Å². The molecule has 1 saturated carbocycles. The smallest absolute Gasteiger partial charge is 0.245 e. The average molecular weight is 425 g/mol. The second-order valence-corrected chi connectivity index (χ2v) is 9.70. The number of aromatic nitrogens is 2. The predicted octanol–water partition coefficient (Wildman–Crippen LogP) is 4.85. The van der Waals surface area contributed by atoms with Gasteiger partial charge in [0.05, 0.1) is 17.9 Å². The molecule has 0 unspecified atom stereocenters. The van der Waals surface area contributed by atoms with E-state index in [2.05, 4.69) is 33.0 Å². The topological polar surface area (TPSA) is 67.2 Å². The Morgan fingerprint density at radius 3 is 2.55 bits per heavy atom. The summed E-state index contributed by atoms with van der Waals surface area (Å²) in [5.41, 5.74) is 2.78. The highest BCUT2D eigenvalue weighted by atomic mass is 16.2. The van der Waals surface area contributed by atoms with Crippen LogP contribution in [0.25, 0.3) is 5.69 Å². The molecule has 1 N–H and O–H groups in total. The molecule has 3 rings (SSSR count). The van der Waals surface area contributed by atoms with E-state index in [-0.39, 0.29) is 29.7 Å². The molecule has 168 valence electrons. The van der Waals surface area contributed by atoms with Crippen LogP contribution in [-0.2, 0) is 15.0 Å². The highest BCUT2D eigenvalue weighted by Gasteiger charge is 2.30. The number of unbranched alkanes of at least 4 members (excludes halogenated alkanes) is 1. The van der Waals surface area contributed by atoms with E-state index in [9.17, 15) is 9.59 Å². The SMILES string of the molecule is CCCCN(CC(=O)Nc1cc(C(C)(C)C)nn1-c1cccc(C)c1)C(=O)C1CCC1.